The van der Waals surface area contributed by atoms with Gasteiger partial charge in [-0.2, -0.15) is 23.7 Å². The Morgan fingerprint density at radius 1 is 1.18 bits per heavy atom. The zero-order chi connectivity index (χ0) is 16.3. The van der Waals surface area contributed by atoms with Crippen molar-refractivity contribution in [2.24, 2.45) is 0 Å². The third kappa shape index (κ3) is 3.85. The molecule has 0 amide bonds. The first kappa shape index (κ1) is 16.0. The van der Waals surface area contributed by atoms with E-state index >= 15 is 0 Å². The van der Waals surface area contributed by atoms with E-state index in [0.717, 1.165) is 4.57 Å². The van der Waals surface area contributed by atoms with Gasteiger partial charge in [0, 0.05) is 26.5 Å². The molecule has 0 fully saturated rings. The monoisotopic (exact) mass is 312 g/mol. The van der Waals surface area contributed by atoms with Crippen molar-refractivity contribution >= 4 is 11.9 Å². The van der Waals surface area contributed by atoms with Crippen molar-refractivity contribution in [1.82, 2.24) is 29.4 Å². The van der Waals surface area contributed by atoms with Gasteiger partial charge in [-0.05, 0) is 7.05 Å². The summed E-state index contributed by atoms with van der Waals surface area (Å²) in [4.78, 5) is 19.7. The van der Waals surface area contributed by atoms with Gasteiger partial charge in [-0.15, -0.1) is 0 Å². The third-order valence-electron chi connectivity index (χ3n) is 2.87. The van der Waals surface area contributed by atoms with E-state index < -0.39 is 6.55 Å². The van der Waals surface area contributed by atoms with Gasteiger partial charge in [0.05, 0.1) is 13.1 Å². The lowest BCUT2D eigenvalue weighted by atomic mass is 10.4. The summed E-state index contributed by atoms with van der Waals surface area (Å²) in [6, 6.07) is 0. The molecule has 2 heterocycles. The summed E-state index contributed by atoms with van der Waals surface area (Å²) in [6.45, 7) is -2.04. The Morgan fingerprint density at radius 2 is 1.91 bits per heavy atom. The number of rotatable bonds is 6. The van der Waals surface area contributed by atoms with Crippen molar-refractivity contribution in [1.29, 1.82) is 0 Å². The minimum atomic E-state index is -2.61. The molecule has 0 aromatic carbocycles. The number of nitrogens with zero attached hydrogens (tertiary/aromatic N) is 7. The molecule has 0 unspecified atom stereocenters. The van der Waals surface area contributed by atoms with Gasteiger partial charge in [0.2, 0.25) is 11.9 Å². The second-order valence-corrected chi connectivity index (χ2v) is 5.00. The van der Waals surface area contributed by atoms with Gasteiger partial charge in [-0.1, -0.05) is 0 Å². The van der Waals surface area contributed by atoms with E-state index in [1.165, 1.54) is 12.4 Å². The first-order valence-electron chi connectivity index (χ1n) is 6.53. The number of imidazole rings is 1. The van der Waals surface area contributed by atoms with Crippen LogP contribution in [0.4, 0.5) is 20.7 Å². The molecule has 0 aliphatic heterocycles. The minimum absolute atomic E-state index is 0.121. The fourth-order valence-corrected chi connectivity index (χ4v) is 1.88. The molecule has 0 aliphatic rings. The molecule has 0 bridgehead atoms. The summed E-state index contributed by atoms with van der Waals surface area (Å²) in [5.41, 5.74) is 5.65. The van der Waals surface area contributed by atoms with Crippen LogP contribution in [-0.4, -0.2) is 50.5 Å². The highest BCUT2D eigenvalue weighted by Crippen LogP contribution is 2.14. The Labute approximate surface area is 126 Å². The predicted molar refractivity (Wildman–Crippen MR) is 77.2 cm³/mol. The molecule has 120 valence electrons. The van der Waals surface area contributed by atoms with Gasteiger partial charge in [0.15, 0.2) is 0 Å². The standard InChI is InChI=1S/C12H18F2N8/c1-20(2)12-18-8(17-11(15)19-12)6-21(3)7-9-16-4-5-22(9)10(13)14/h4-5,10H,6-7H2,1-3H3,(H2,15,17,18,19). The first-order chi connectivity index (χ1) is 10.4. The lowest BCUT2D eigenvalue weighted by molar-refractivity contribution is 0.0644. The summed E-state index contributed by atoms with van der Waals surface area (Å²) in [6.07, 6.45) is 2.60. The average Bonchev–Trinajstić information content (AvgIpc) is 2.85. The third-order valence-corrected chi connectivity index (χ3v) is 2.87. The summed E-state index contributed by atoms with van der Waals surface area (Å²) in [5.74, 6) is 1.31. The highest BCUT2D eigenvalue weighted by atomic mass is 19.3. The number of aromatic nitrogens is 5. The summed E-state index contributed by atoms with van der Waals surface area (Å²) < 4.78 is 26.4. The van der Waals surface area contributed by atoms with E-state index in [-0.39, 0.29) is 18.3 Å². The molecule has 2 rings (SSSR count). The van der Waals surface area contributed by atoms with Crippen LogP contribution in [0.2, 0.25) is 0 Å². The highest BCUT2D eigenvalue weighted by molar-refractivity contribution is 5.32. The van der Waals surface area contributed by atoms with Gasteiger partial charge in [-0.25, -0.2) is 4.98 Å². The molecular weight excluding hydrogens is 294 g/mol. The molecule has 0 saturated carbocycles. The molecule has 2 aromatic rings. The van der Waals surface area contributed by atoms with Gasteiger partial charge in [0.25, 0.3) is 0 Å². The fourth-order valence-electron chi connectivity index (χ4n) is 1.88. The molecule has 0 radical (unpaired) electrons. The maximum atomic E-state index is 12.8. The number of alkyl halides is 2. The van der Waals surface area contributed by atoms with Crippen molar-refractivity contribution in [3.05, 3.63) is 24.0 Å². The van der Waals surface area contributed by atoms with Crippen molar-refractivity contribution in [2.75, 3.05) is 31.8 Å². The number of hydrogen-bond donors (Lipinski definition) is 1. The van der Waals surface area contributed by atoms with Crippen molar-refractivity contribution in [3.8, 4) is 0 Å². The Balaban J connectivity index is 2.09. The van der Waals surface area contributed by atoms with Crippen LogP contribution in [0, 0.1) is 0 Å². The molecular formula is C12H18F2N8. The second-order valence-electron chi connectivity index (χ2n) is 5.00. The smallest absolute Gasteiger partial charge is 0.319 e. The summed E-state index contributed by atoms with van der Waals surface area (Å²) in [5, 5.41) is 0. The van der Waals surface area contributed by atoms with Gasteiger partial charge in [0.1, 0.15) is 11.6 Å². The van der Waals surface area contributed by atoms with Crippen LogP contribution in [0.1, 0.15) is 18.2 Å². The molecule has 8 nitrogen and oxygen atoms in total. The molecule has 0 aliphatic carbocycles. The van der Waals surface area contributed by atoms with Crippen molar-refractivity contribution in [2.45, 2.75) is 19.6 Å². The predicted octanol–water partition coefficient (Wildman–Crippen LogP) is 0.743. The number of nitrogen functional groups attached to an aromatic ring is 1. The maximum Gasteiger partial charge on any atom is 0.319 e. The van der Waals surface area contributed by atoms with E-state index in [4.69, 9.17) is 5.73 Å². The SMILES string of the molecule is CN(Cc1nc(N)nc(N(C)C)n1)Cc1nccn1C(F)F. The van der Waals surface area contributed by atoms with Crippen LogP contribution in [0.3, 0.4) is 0 Å². The van der Waals surface area contributed by atoms with Crippen LogP contribution in [0.25, 0.3) is 0 Å². The van der Waals surface area contributed by atoms with E-state index in [0.29, 0.717) is 18.3 Å². The van der Waals surface area contributed by atoms with Crippen LogP contribution in [0.5, 0.6) is 0 Å². The van der Waals surface area contributed by atoms with E-state index in [2.05, 4.69) is 19.9 Å². The maximum absolute atomic E-state index is 12.8. The second kappa shape index (κ2) is 6.60. The molecule has 22 heavy (non-hydrogen) atoms. The number of halogens is 2. The van der Waals surface area contributed by atoms with Gasteiger partial charge >= 0.3 is 6.55 Å². The zero-order valence-electron chi connectivity index (χ0n) is 12.6. The highest BCUT2D eigenvalue weighted by Gasteiger charge is 2.14. The molecule has 0 atom stereocenters. The Bertz CT molecular complexity index is 627. The normalized spacial score (nSPS) is 11.4. The number of anilines is 2. The minimum Gasteiger partial charge on any atom is -0.368 e. The van der Waals surface area contributed by atoms with E-state index in [1.54, 1.807) is 30.9 Å². The topological polar surface area (TPSA) is 89.0 Å². The quantitative estimate of drug-likeness (QED) is 0.841. The Hall–Kier alpha value is -2.36. The van der Waals surface area contributed by atoms with Crippen molar-refractivity contribution in [3.63, 3.8) is 0 Å². The molecule has 0 spiro atoms. The summed E-state index contributed by atoms with van der Waals surface area (Å²) in [7, 11) is 5.35. The lowest BCUT2D eigenvalue weighted by Gasteiger charge is -2.17. The first-order valence-corrected chi connectivity index (χ1v) is 6.53. The molecule has 2 aromatic heterocycles. The van der Waals surface area contributed by atoms with Crippen LogP contribution in [-0.2, 0) is 13.1 Å². The van der Waals surface area contributed by atoms with E-state index in [9.17, 15) is 8.78 Å². The average molecular weight is 312 g/mol. The van der Waals surface area contributed by atoms with Crippen molar-refractivity contribution < 1.29 is 8.78 Å². The molecule has 2 N–H and O–H groups in total. The molecule has 10 heteroatoms. The van der Waals surface area contributed by atoms with E-state index in [1.807, 2.05) is 0 Å². The van der Waals surface area contributed by atoms with Crippen LogP contribution >= 0.6 is 0 Å². The van der Waals surface area contributed by atoms with Crippen LogP contribution in [0.15, 0.2) is 12.4 Å². The van der Waals surface area contributed by atoms with Gasteiger partial charge < -0.3 is 10.6 Å². The zero-order valence-corrected chi connectivity index (χ0v) is 12.6. The molecule has 0 saturated heterocycles. The van der Waals surface area contributed by atoms with Crippen LogP contribution < -0.4 is 10.6 Å². The Morgan fingerprint density at radius 3 is 2.55 bits per heavy atom. The lowest BCUT2D eigenvalue weighted by Crippen LogP contribution is -2.23. The fraction of sp³-hybridized carbons (Fsp3) is 0.500. The largest absolute Gasteiger partial charge is 0.368 e. The Kier molecular flexibility index (Phi) is 4.81. The van der Waals surface area contributed by atoms with Gasteiger partial charge in [-0.3, -0.25) is 9.47 Å². The number of nitrogens with two attached hydrogens (primary N) is 1. The summed E-state index contributed by atoms with van der Waals surface area (Å²) >= 11 is 0. The number of hydrogen-bond acceptors (Lipinski definition) is 7.